The first-order valence-electron chi connectivity index (χ1n) is 4.92. The zero-order valence-electron chi connectivity index (χ0n) is 9.40. The van der Waals surface area contributed by atoms with Crippen LogP contribution in [0, 0.1) is 10.1 Å². The fourth-order valence-corrected chi connectivity index (χ4v) is 2.29. The zero-order chi connectivity index (χ0) is 13.1. The molecular weight excluding hydrogens is 258 g/mol. The Morgan fingerprint density at radius 1 is 1.67 bits per heavy atom. The molecule has 2 aromatic rings. The molecule has 0 spiro atoms. The molecule has 2 heterocycles. The van der Waals surface area contributed by atoms with E-state index in [1.165, 1.54) is 31.0 Å². The standard InChI is InChI=1S/C10H9N3O4S/c1-17-10(14)9-7(2-3-18-9)4-12-5-8(11-6-12)13(15)16/h2-3,5-6H,4H2,1H3. The molecule has 8 heteroatoms. The molecule has 2 aromatic heterocycles. The Bertz CT molecular complexity index is 589. The third kappa shape index (κ3) is 2.38. The van der Waals surface area contributed by atoms with E-state index < -0.39 is 10.9 Å². The molecule has 0 fully saturated rings. The minimum absolute atomic E-state index is 0.218. The molecule has 94 valence electrons. The predicted octanol–water partition coefficient (Wildman–Crippen LogP) is 1.69. The van der Waals surface area contributed by atoms with Crippen molar-refractivity contribution >= 4 is 23.1 Å². The maximum atomic E-state index is 11.5. The number of nitrogens with zero attached hydrogens (tertiary/aromatic N) is 3. The van der Waals surface area contributed by atoms with E-state index in [1.807, 2.05) is 0 Å². The lowest BCUT2D eigenvalue weighted by Gasteiger charge is -2.01. The summed E-state index contributed by atoms with van der Waals surface area (Å²) < 4.78 is 6.20. The summed E-state index contributed by atoms with van der Waals surface area (Å²) in [6, 6.07) is 1.78. The number of carbonyl (C=O) groups is 1. The van der Waals surface area contributed by atoms with Gasteiger partial charge in [-0.2, -0.15) is 0 Å². The highest BCUT2D eigenvalue weighted by atomic mass is 32.1. The number of imidazole rings is 1. The molecule has 18 heavy (non-hydrogen) atoms. The molecule has 0 bridgehead atoms. The Kier molecular flexibility index (Phi) is 3.38. The molecule has 0 saturated carbocycles. The van der Waals surface area contributed by atoms with E-state index in [0.29, 0.717) is 11.4 Å². The molecular formula is C10H9N3O4S. The number of thiophene rings is 1. The van der Waals surface area contributed by atoms with Crippen molar-refractivity contribution in [1.82, 2.24) is 9.55 Å². The highest BCUT2D eigenvalue weighted by molar-refractivity contribution is 7.12. The molecule has 0 radical (unpaired) electrons. The van der Waals surface area contributed by atoms with Crippen LogP contribution in [0.15, 0.2) is 24.0 Å². The number of nitro groups is 1. The molecule has 0 aliphatic heterocycles. The summed E-state index contributed by atoms with van der Waals surface area (Å²) in [5.74, 6) is -0.625. The summed E-state index contributed by atoms with van der Waals surface area (Å²) in [6.07, 6.45) is 2.68. The number of hydrogen-bond donors (Lipinski definition) is 0. The van der Waals surface area contributed by atoms with Gasteiger partial charge >= 0.3 is 11.8 Å². The quantitative estimate of drug-likeness (QED) is 0.478. The fourth-order valence-electron chi connectivity index (χ4n) is 1.46. The third-order valence-corrected chi connectivity index (χ3v) is 3.21. The number of aromatic nitrogens is 2. The van der Waals surface area contributed by atoms with Crippen LogP contribution in [0.25, 0.3) is 0 Å². The lowest BCUT2D eigenvalue weighted by molar-refractivity contribution is -0.389. The number of rotatable bonds is 4. The van der Waals surface area contributed by atoms with E-state index in [4.69, 9.17) is 0 Å². The maximum Gasteiger partial charge on any atom is 0.381 e. The van der Waals surface area contributed by atoms with Crippen LogP contribution >= 0.6 is 11.3 Å². The van der Waals surface area contributed by atoms with Crippen LogP contribution in [-0.4, -0.2) is 27.6 Å². The van der Waals surface area contributed by atoms with Gasteiger partial charge in [-0.3, -0.25) is 0 Å². The van der Waals surface area contributed by atoms with Gasteiger partial charge in [0.15, 0.2) is 0 Å². The Morgan fingerprint density at radius 2 is 2.44 bits per heavy atom. The van der Waals surface area contributed by atoms with Crippen molar-refractivity contribution in [3.63, 3.8) is 0 Å². The first-order chi connectivity index (χ1) is 8.61. The van der Waals surface area contributed by atoms with Gasteiger partial charge in [0.05, 0.1) is 13.7 Å². The first-order valence-corrected chi connectivity index (χ1v) is 5.80. The lowest BCUT2D eigenvalue weighted by Crippen LogP contribution is -2.04. The molecule has 0 unspecified atom stereocenters. The van der Waals surface area contributed by atoms with Gasteiger partial charge in [-0.25, -0.2) is 4.79 Å². The molecule has 7 nitrogen and oxygen atoms in total. The summed E-state index contributed by atoms with van der Waals surface area (Å²) in [5, 5.41) is 12.3. The Morgan fingerprint density at radius 3 is 3.06 bits per heavy atom. The summed E-state index contributed by atoms with van der Waals surface area (Å²) in [6.45, 7) is 0.342. The number of ether oxygens (including phenoxy) is 1. The summed E-state index contributed by atoms with van der Waals surface area (Å²) in [5.41, 5.74) is 0.749. The SMILES string of the molecule is COC(=O)c1sccc1Cn1cnc([N+](=O)[O-])c1. The van der Waals surface area contributed by atoms with E-state index in [-0.39, 0.29) is 5.82 Å². The minimum Gasteiger partial charge on any atom is -0.465 e. The molecule has 0 aliphatic rings. The monoisotopic (exact) mass is 267 g/mol. The van der Waals surface area contributed by atoms with Crippen LogP contribution in [0.5, 0.6) is 0 Å². The maximum absolute atomic E-state index is 11.5. The van der Waals surface area contributed by atoms with Gasteiger partial charge in [0.25, 0.3) is 0 Å². The number of esters is 1. The van der Waals surface area contributed by atoms with Crippen molar-refractivity contribution in [2.24, 2.45) is 0 Å². The van der Waals surface area contributed by atoms with Gasteiger partial charge in [0.2, 0.25) is 6.33 Å². The average Bonchev–Trinajstić information content (AvgIpc) is 2.97. The van der Waals surface area contributed by atoms with Crippen molar-refractivity contribution < 1.29 is 14.5 Å². The second-order valence-electron chi connectivity index (χ2n) is 3.43. The van der Waals surface area contributed by atoms with E-state index in [2.05, 4.69) is 9.72 Å². The molecule has 2 rings (SSSR count). The Labute approximate surface area is 106 Å². The van der Waals surface area contributed by atoms with Gasteiger partial charge < -0.3 is 19.4 Å². The summed E-state index contributed by atoms with van der Waals surface area (Å²) >= 11 is 1.27. The first kappa shape index (κ1) is 12.2. The smallest absolute Gasteiger partial charge is 0.381 e. The van der Waals surface area contributed by atoms with Gasteiger partial charge in [0.1, 0.15) is 11.1 Å². The lowest BCUT2D eigenvalue weighted by atomic mass is 10.2. The normalized spacial score (nSPS) is 10.3. The van der Waals surface area contributed by atoms with Gasteiger partial charge in [-0.1, -0.05) is 0 Å². The van der Waals surface area contributed by atoms with Crippen LogP contribution in [0.1, 0.15) is 15.2 Å². The van der Waals surface area contributed by atoms with Gasteiger partial charge in [-0.15, -0.1) is 11.3 Å². The van der Waals surface area contributed by atoms with E-state index in [1.54, 1.807) is 16.0 Å². The largest absolute Gasteiger partial charge is 0.465 e. The van der Waals surface area contributed by atoms with Crippen molar-refractivity contribution in [2.45, 2.75) is 6.54 Å². The zero-order valence-corrected chi connectivity index (χ0v) is 10.2. The van der Waals surface area contributed by atoms with Crippen molar-refractivity contribution in [1.29, 1.82) is 0 Å². The molecule has 0 aromatic carbocycles. The van der Waals surface area contributed by atoms with Crippen molar-refractivity contribution in [3.05, 3.63) is 44.5 Å². The van der Waals surface area contributed by atoms with Crippen LogP contribution in [0.4, 0.5) is 5.82 Å². The van der Waals surface area contributed by atoms with Gasteiger partial charge in [0, 0.05) is 0 Å². The van der Waals surface area contributed by atoms with Crippen LogP contribution < -0.4 is 0 Å². The fraction of sp³-hybridized carbons (Fsp3) is 0.200. The van der Waals surface area contributed by atoms with E-state index in [9.17, 15) is 14.9 Å². The average molecular weight is 267 g/mol. The number of hydrogen-bond acceptors (Lipinski definition) is 6. The third-order valence-electron chi connectivity index (χ3n) is 2.28. The molecule has 0 amide bonds. The van der Waals surface area contributed by atoms with Crippen molar-refractivity contribution in [3.8, 4) is 0 Å². The van der Waals surface area contributed by atoms with Crippen LogP contribution in [0.2, 0.25) is 0 Å². The number of methoxy groups -OCH3 is 1. The second kappa shape index (κ2) is 4.96. The second-order valence-corrected chi connectivity index (χ2v) is 4.34. The van der Waals surface area contributed by atoms with Gasteiger partial charge in [-0.05, 0) is 26.9 Å². The molecule has 0 aliphatic carbocycles. The molecule has 0 atom stereocenters. The summed E-state index contributed by atoms with van der Waals surface area (Å²) in [4.78, 5) is 25.5. The molecule has 0 N–H and O–H groups in total. The minimum atomic E-state index is -0.564. The Hall–Kier alpha value is -2.22. The summed E-state index contributed by atoms with van der Waals surface area (Å²) in [7, 11) is 1.31. The van der Waals surface area contributed by atoms with E-state index in [0.717, 1.165) is 5.56 Å². The van der Waals surface area contributed by atoms with Crippen molar-refractivity contribution in [2.75, 3.05) is 7.11 Å². The highest BCUT2D eigenvalue weighted by Crippen LogP contribution is 2.19. The predicted molar refractivity (Wildman–Crippen MR) is 63.6 cm³/mol. The topological polar surface area (TPSA) is 87.3 Å². The Balaban J connectivity index is 2.20. The highest BCUT2D eigenvalue weighted by Gasteiger charge is 2.15. The molecule has 0 saturated heterocycles. The van der Waals surface area contributed by atoms with E-state index >= 15 is 0 Å². The van der Waals surface area contributed by atoms with Crippen LogP contribution in [-0.2, 0) is 11.3 Å². The van der Waals surface area contributed by atoms with Crippen LogP contribution in [0.3, 0.4) is 0 Å². The number of carbonyl (C=O) groups excluding carboxylic acids is 1.